The van der Waals surface area contributed by atoms with Crippen molar-refractivity contribution in [3.8, 4) is 0 Å². The van der Waals surface area contributed by atoms with E-state index < -0.39 is 0 Å². The highest BCUT2D eigenvalue weighted by molar-refractivity contribution is 8.93. The summed E-state index contributed by atoms with van der Waals surface area (Å²) in [4.78, 5) is 0. The zero-order valence-corrected chi connectivity index (χ0v) is 19.6. The second kappa shape index (κ2) is 19.2. The summed E-state index contributed by atoms with van der Waals surface area (Å²) < 4.78 is 0.954. The second-order valence-corrected chi connectivity index (χ2v) is 8.70. The number of rotatable bonds is 18. The van der Waals surface area contributed by atoms with E-state index in [0.29, 0.717) is 6.61 Å². The lowest BCUT2D eigenvalue weighted by atomic mass is 10.00. The summed E-state index contributed by atoms with van der Waals surface area (Å²) in [5, 5.41) is 9.10. The van der Waals surface area contributed by atoms with Crippen molar-refractivity contribution in [3.63, 3.8) is 0 Å². The Kier molecular flexibility index (Phi) is 21.2. The Balaban J connectivity index is 0. The maximum atomic E-state index is 9.10. The molecule has 0 fully saturated rings. The van der Waals surface area contributed by atoms with E-state index in [1.54, 1.807) is 0 Å². The molecule has 0 spiro atoms. The van der Waals surface area contributed by atoms with Gasteiger partial charge in [-0.3, -0.25) is 0 Å². The normalized spacial score (nSPS) is 12.8. The van der Waals surface area contributed by atoms with Crippen molar-refractivity contribution < 1.29 is 9.59 Å². The molecule has 2 nitrogen and oxygen atoms in total. The molecule has 0 rings (SSSR count). The second-order valence-electron chi connectivity index (χ2n) is 8.70. The van der Waals surface area contributed by atoms with E-state index in [2.05, 4.69) is 27.9 Å². The number of likely N-dealkylation sites (N-methyl/N-ethyl adjacent to an activating group) is 1. The molecule has 1 atom stereocenters. The minimum atomic E-state index is 0. The van der Waals surface area contributed by atoms with Crippen LogP contribution in [0.3, 0.4) is 0 Å². The van der Waals surface area contributed by atoms with Gasteiger partial charge in [0.2, 0.25) is 0 Å². The first-order valence-electron chi connectivity index (χ1n) is 10.9. The van der Waals surface area contributed by atoms with E-state index >= 15 is 0 Å². The van der Waals surface area contributed by atoms with Crippen LogP contribution < -0.4 is 0 Å². The molecule has 0 heterocycles. The van der Waals surface area contributed by atoms with Crippen LogP contribution in [0.5, 0.6) is 0 Å². The van der Waals surface area contributed by atoms with Crippen molar-refractivity contribution >= 4 is 17.0 Å². The van der Waals surface area contributed by atoms with Gasteiger partial charge in [-0.1, -0.05) is 97.3 Å². The predicted molar refractivity (Wildman–Crippen MR) is 119 cm³/mol. The highest BCUT2D eigenvalue weighted by atomic mass is 79.9. The molecule has 0 bridgehead atoms. The van der Waals surface area contributed by atoms with Crippen molar-refractivity contribution in [1.82, 2.24) is 0 Å². The first-order valence-corrected chi connectivity index (χ1v) is 10.9. The minimum absolute atomic E-state index is 0. The van der Waals surface area contributed by atoms with E-state index in [1.165, 1.54) is 96.4 Å². The lowest BCUT2D eigenvalue weighted by Gasteiger charge is -2.31. The lowest BCUT2D eigenvalue weighted by molar-refractivity contribution is -0.893. The summed E-state index contributed by atoms with van der Waals surface area (Å²) in [7, 11) is 4.47. The first-order chi connectivity index (χ1) is 11.5. The Morgan fingerprint density at radius 2 is 1.12 bits per heavy atom. The van der Waals surface area contributed by atoms with Crippen LogP contribution in [0, 0.1) is 5.92 Å². The van der Waals surface area contributed by atoms with Crippen molar-refractivity contribution in [3.05, 3.63) is 0 Å². The Hall–Kier alpha value is 0.400. The zero-order valence-electron chi connectivity index (χ0n) is 17.9. The van der Waals surface area contributed by atoms with E-state index in [-0.39, 0.29) is 17.0 Å². The predicted octanol–water partition coefficient (Wildman–Crippen LogP) is 6.75. The fraction of sp³-hybridized carbons (Fsp3) is 1.00. The van der Waals surface area contributed by atoms with Crippen LogP contribution in [0.4, 0.5) is 0 Å². The van der Waals surface area contributed by atoms with Crippen LogP contribution in [0.25, 0.3) is 0 Å². The molecular formula is C22H49BrNO+. The number of hydrogen-bond donors (Lipinski definition) is 1. The molecule has 25 heavy (non-hydrogen) atoms. The molecule has 0 aromatic heterocycles. The third-order valence-electron chi connectivity index (χ3n) is 5.31. The Labute approximate surface area is 170 Å². The molecule has 1 N–H and O–H groups in total. The Morgan fingerprint density at radius 3 is 1.52 bits per heavy atom. The molecule has 0 aromatic carbocycles. The number of halogens is 1. The monoisotopic (exact) mass is 422 g/mol. The smallest absolute Gasteiger partial charge is 0.102 e. The van der Waals surface area contributed by atoms with E-state index in [1.807, 2.05) is 0 Å². The number of aliphatic hydroxyl groups excluding tert-OH is 1. The molecule has 0 saturated carbocycles. The average Bonchev–Trinajstić information content (AvgIpc) is 2.51. The van der Waals surface area contributed by atoms with Gasteiger partial charge >= 0.3 is 0 Å². The molecule has 0 saturated heterocycles. The first kappa shape index (κ1) is 27.6. The van der Waals surface area contributed by atoms with Crippen molar-refractivity contribution in [2.45, 2.75) is 104 Å². The van der Waals surface area contributed by atoms with E-state index in [4.69, 9.17) is 5.11 Å². The quantitative estimate of drug-likeness (QED) is 0.191. The number of unbranched alkanes of at least 4 members (excludes halogenated alkanes) is 12. The van der Waals surface area contributed by atoms with Crippen LogP contribution in [0.2, 0.25) is 0 Å². The molecule has 1 unspecified atom stereocenters. The molecule has 0 aliphatic heterocycles. The summed E-state index contributed by atoms with van der Waals surface area (Å²) in [5.74, 6) is 0.777. The molecular weight excluding hydrogens is 374 g/mol. The Bertz CT molecular complexity index is 258. The van der Waals surface area contributed by atoms with Crippen molar-refractivity contribution in [2.75, 3.05) is 33.8 Å². The summed E-state index contributed by atoms with van der Waals surface area (Å²) in [6.07, 6.45) is 20.0. The summed E-state index contributed by atoms with van der Waals surface area (Å²) in [5.41, 5.74) is 0. The van der Waals surface area contributed by atoms with Gasteiger partial charge in [0.1, 0.15) is 6.54 Å². The van der Waals surface area contributed by atoms with Gasteiger partial charge in [-0.2, -0.15) is 0 Å². The minimum Gasteiger partial charge on any atom is -0.391 e. The molecule has 0 aliphatic rings. The SMILES string of the molecule is Br.CCCCCCCCCCCCCCCC(C)C[N+](C)(C)CCO. The third-order valence-corrected chi connectivity index (χ3v) is 5.31. The number of aliphatic hydroxyl groups is 1. The van der Waals surface area contributed by atoms with Gasteiger partial charge in [-0.05, 0) is 6.42 Å². The molecule has 0 aliphatic carbocycles. The maximum Gasteiger partial charge on any atom is 0.102 e. The Morgan fingerprint density at radius 1 is 0.720 bits per heavy atom. The maximum absolute atomic E-state index is 9.10. The van der Waals surface area contributed by atoms with E-state index in [9.17, 15) is 0 Å². The number of quaternary nitrogens is 1. The van der Waals surface area contributed by atoms with Gasteiger partial charge in [0, 0.05) is 5.92 Å². The number of nitrogens with zero attached hydrogens (tertiary/aromatic N) is 1. The topological polar surface area (TPSA) is 20.2 Å². The van der Waals surface area contributed by atoms with Crippen LogP contribution >= 0.6 is 17.0 Å². The summed E-state index contributed by atoms with van der Waals surface area (Å²) in [6, 6.07) is 0. The standard InChI is InChI=1S/C22H48NO.BrH/c1-5-6-7-8-9-10-11-12-13-14-15-16-17-18-22(2)21-23(3,4)19-20-24;/h22,24H,5-21H2,1-4H3;1H/q+1;. The highest BCUT2D eigenvalue weighted by Crippen LogP contribution is 2.16. The average molecular weight is 424 g/mol. The van der Waals surface area contributed by atoms with Gasteiger partial charge in [0.25, 0.3) is 0 Å². The van der Waals surface area contributed by atoms with Crippen molar-refractivity contribution in [1.29, 1.82) is 0 Å². The third kappa shape index (κ3) is 20.6. The summed E-state index contributed by atoms with van der Waals surface area (Å²) >= 11 is 0. The van der Waals surface area contributed by atoms with Gasteiger partial charge in [0.05, 0.1) is 27.2 Å². The fourth-order valence-corrected chi connectivity index (χ4v) is 3.81. The largest absolute Gasteiger partial charge is 0.391 e. The van der Waals surface area contributed by atoms with Crippen LogP contribution in [-0.4, -0.2) is 43.4 Å². The van der Waals surface area contributed by atoms with Crippen molar-refractivity contribution in [2.24, 2.45) is 5.92 Å². The molecule has 154 valence electrons. The molecule has 0 amide bonds. The van der Waals surface area contributed by atoms with Gasteiger partial charge in [-0.25, -0.2) is 0 Å². The lowest BCUT2D eigenvalue weighted by Crippen LogP contribution is -2.44. The van der Waals surface area contributed by atoms with Crippen LogP contribution in [0.1, 0.15) is 104 Å². The highest BCUT2D eigenvalue weighted by Gasteiger charge is 2.18. The molecule has 3 heteroatoms. The van der Waals surface area contributed by atoms with E-state index in [0.717, 1.165) is 16.9 Å². The molecule has 0 aromatic rings. The van der Waals surface area contributed by atoms with Gasteiger partial charge in [-0.15, -0.1) is 17.0 Å². The summed E-state index contributed by atoms with van der Waals surface area (Å²) in [6.45, 7) is 7.04. The zero-order chi connectivity index (χ0) is 18.1. The van der Waals surface area contributed by atoms with Crippen LogP contribution in [-0.2, 0) is 0 Å². The van der Waals surface area contributed by atoms with Gasteiger partial charge < -0.3 is 9.59 Å². The number of hydrogen-bond acceptors (Lipinski definition) is 1. The molecule has 0 radical (unpaired) electrons. The van der Waals surface area contributed by atoms with Crippen LogP contribution in [0.15, 0.2) is 0 Å². The van der Waals surface area contributed by atoms with Gasteiger partial charge in [0.15, 0.2) is 0 Å². The fourth-order valence-electron chi connectivity index (χ4n) is 3.81.